The van der Waals surface area contributed by atoms with E-state index in [1.54, 1.807) is 6.92 Å². The van der Waals surface area contributed by atoms with E-state index in [-0.39, 0.29) is 11.5 Å². The van der Waals surface area contributed by atoms with Crippen molar-refractivity contribution in [1.29, 1.82) is 0 Å². The van der Waals surface area contributed by atoms with Gasteiger partial charge in [0.2, 0.25) is 0 Å². The average molecular weight is 321 g/mol. The number of nitrogens with zero attached hydrogens (tertiary/aromatic N) is 1. The minimum absolute atomic E-state index is 0.0788. The summed E-state index contributed by atoms with van der Waals surface area (Å²) < 4.78 is 28.7. The fourth-order valence-corrected chi connectivity index (χ4v) is 3.66. The van der Waals surface area contributed by atoms with Gasteiger partial charge >= 0.3 is 0 Å². The highest BCUT2D eigenvalue weighted by molar-refractivity contribution is 5.79. The molecular weight excluding hydrogens is 304 g/mol. The molecule has 1 unspecified atom stereocenters. The highest BCUT2D eigenvalue weighted by Gasteiger charge is 2.39. The van der Waals surface area contributed by atoms with Crippen LogP contribution in [0, 0.1) is 6.92 Å². The molecule has 0 radical (unpaired) electrons. The van der Waals surface area contributed by atoms with Crippen molar-refractivity contribution in [3.05, 3.63) is 88.6 Å². The van der Waals surface area contributed by atoms with Gasteiger partial charge in [-0.15, -0.1) is 0 Å². The number of aromatic nitrogens is 1. The van der Waals surface area contributed by atoms with Gasteiger partial charge in [0, 0.05) is 29.7 Å². The lowest BCUT2D eigenvalue weighted by Gasteiger charge is -2.21. The molecule has 1 aliphatic carbocycles. The van der Waals surface area contributed by atoms with Crippen molar-refractivity contribution in [3.8, 4) is 11.3 Å². The lowest BCUT2D eigenvalue weighted by Crippen LogP contribution is -2.14. The summed E-state index contributed by atoms with van der Waals surface area (Å²) in [5, 5.41) is 0. The summed E-state index contributed by atoms with van der Waals surface area (Å²) in [6.45, 7) is 2.74. The van der Waals surface area contributed by atoms with Crippen molar-refractivity contribution in [3.63, 3.8) is 0 Å². The first-order valence-corrected chi connectivity index (χ1v) is 8.01. The molecule has 1 heterocycles. The van der Waals surface area contributed by atoms with Crippen LogP contribution in [0.25, 0.3) is 11.3 Å². The molecule has 2 aromatic carbocycles. The molecule has 0 saturated heterocycles. The first kappa shape index (κ1) is 15.0. The molecule has 0 aliphatic heterocycles. The van der Waals surface area contributed by atoms with Gasteiger partial charge < -0.3 is 0 Å². The minimum atomic E-state index is -2.91. The second-order valence-corrected chi connectivity index (χ2v) is 6.39. The Labute approximate surface area is 140 Å². The summed E-state index contributed by atoms with van der Waals surface area (Å²) >= 11 is 0. The molecule has 0 spiro atoms. The summed E-state index contributed by atoms with van der Waals surface area (Å²) in [7, 11) is 0. The molecule has 1 aromatic heterocycles. The second-order valence-electron chi connectivity index (χ2n) is 6.39. The van der Waals surface area contributed by atoms with Crippen molar-refractivity contribution >= 4 is 0 Å². The second kappa shape index (κ2) is 5.23. The van der Waals surface area contributed by atoms with Crippen LogP contribution >= 0.6 is 0 Å². The van der Waals surface area contributed by atoms with Crippen LogP contribution in [0.1, 0.15) is 40.8 Å². The van der Waals surface area contributed by atoms with Crippen molar-refractivity contribution in [2.75, 3.05) is 0 Å². The number of aryl methyl sites for hydroxylation is 1. The smallest absolute Gasteiger partial charge is 0.253 e. The molecular formula is C21H17F2N. The zero-order chi connectivity index (χ0) is 16.9. The average Bonchev–Trinajstić information content (AvgIpc) is 2.88. The molecule has 3 aromatic rings. The van der Waals surface area contributed by atoms with Gasteiger partial charge in [0.05, 0.1) is 5.69 Å². The Bertz CT molecular complexity index is 911. The van der Waals surface area contributed by atoms with E-state index in [1.807, 2.05) is 54.6 Å². The van der Waals surface area contributed by atoms with E-state index >= 15 is 0 Å². The highest BCUT2D eigenvalue weighted by Crippen LogP contribution is 2.51. The molecule has 0 saturated carbocycles. The number of pyridine rings is 1. The predicted molar refractivity (Wildman–Crippen MR) is 91.4 cm³/mol. The Kier molecular flexibility index (Phi) is 3.27. The molecule has 0 N–H and O–H groups in total. The zero-order valence-corrected chi connectivity index (χ0v) is 13.6. The third kappa shape index (κ3) is 2.23. The van der Waals surface area contributed by atoms with Gasteiger partial charge in [-0.25, -0.2) is 8.78 Å². The van der Waals surface area contributed by atoms with Crippen LogP contribution in [0.3, 0.4) is 0 Å². The SMILES string of the molecule is Cc1cc(C(C)(F)F)c2c(n1)-c1ccccc1C2c1ccccc1. The maximum Gasteiger partial charge on any atom is 0.270 e. The van der Waals surface area contributed by atoms with Crippen molar-refractivity contribution in [1.82, 2.24) is 4.98 Å². The molecule has 0 amide bonds. The Morgan fingerprint density at radius 1 is 0.958 bits per heavy atom. The Hall–Kier alpha value is -2.55. The van der Waals surface area contributed by atoms with Crippen LogP contribution in [0.5, 0.6) is 0 Å². The lowest BCUT2D eigenvalue weighted by molar-refractivity contribution is 0.0164. The number of benzene rings is 2. The molecule has 3 heteroatoms. The van der Waals surface area contributed by atoms with Crippen molar-refractivity contribution in [2.45, 2.75) is 25.7 Å². The number of hydrogen-bond acceptors (Lipinski definition) is 1. The van der Waals surface area contributed by atoms with Gasteiger partial charge in [-0.3, -0.25) is 4.98 Å². The standard InChI is InChI=1S/C21H17F2N/c1-13-12-17(21(2,22)23)19-18(14-8-4-3-5-9-14)15-10-6-7-11-16(15)20(19)24-13/h3-12,18H,1-2H3. The quantitative estimate of drug-likeness (QED) is 0.464. The number of hydrogen-bond donors (Lipinski definition) is 0. The van der Waals surface area contributed by atoms with E-state index < -0.39 is 5.92 Å². The molecule has 0 bridgehead atoms. The van der Waals surface area contributed by atoms with E-state index in [1.165, 1.54) is 6.07 Å². The largest absolute Gasteiger partial charge is 0.270 e. The maximum atomic E-state index is 14.4. The van der Waals surface area contributed by atoms with Gasteiger partial charge in [-0.05, 0) is 29.7 Å². The van der Waals surface area contributed by atoms with Crippen LogP contribution in [0.2, 0.25) is 0 Å². The third-order valence-corrected chi connectivity index (χ3v) is 4.61. The number of rotatable bonds is 2. The fraction of sp³-hybridized carbons (Fsp3) is 0.190. The summed E-state index contributed by atoms with van der Waals surface area (Å²) in [4.78, 5) is 4.61. The van der Waals surface area contributed by atoms with E-state index in [0.717, 1.165) is 23.6 Å². The number of fused-ring (bicyclic) bond motifs is 3. The first-order chi connectivity index (χ1) is 11.5. The molecule has 1 aliphatic rings. The molecule has 120 valence electrons. The van der Waals surface area contributed by atoms with Crippen LogP contribution < -0.4 is 0 Å². The van der Waals surface area contributed by atoms with Gasteiger partial charge in [0.25, 0.3) is 5.92 Å². The summed E-state index contributed by atoms with van der Waals surface area (Å²) in [5.41, 5.74) is 5.04. The van der Waals surface area contributed by atoms with Crippen molar-refractivity contribution in [2.24, 2.45) is 0 Å². The van der Waals surface area contributed by atoms with Gasteiger partial charge in [-0.1, -0.05) is 54.6 Å². The summed E-state index contributed by atoms with van der Waals surface area (Å²) in [6, 6.07) is 19.2. The third-order valence-electron chi connectivity index (χ3n) is 4.61. The predicted octanol–water partition coefficient (Wildman–Crippen LogP) is 5.66. The molecule has 1 nitrogen and oxygen atoms in total. The van der Waals surface area contributed by atoms with Gasteiger partial charge in [-0.2, -0.15) is 0 Å². The Balaban J connectivity index is 2.08. The van der Waals surface area contributed by atoms with E-state index in [9.17, 15) is 8.78 Å². The van der Waals surface area contributed by atoms with Gasteiger partial charge in [0.15, 0.2) is 0 Å². The monoisotopic (exact) mass is 321 g/mol. The molecule has 24 heavy (non-hydrogen) atoms. The van der Waals surface area contributed by atoms with E-state index in [4.69, 9.17) is 0 Å². The molecule has 4 rings (SSSR count). The zero-order valence-electron chi connectivity index (χ0n) is 13.6. The van der Waals surface area contributed by atoms with Crippen LogP contribution in [0.4, 0.5) is 8.78 Å². The molecule has 1 atom stereocenters. The minimum Gasteiger partial charge on any atom is -0.253 e. The van der Waals surface area contributed by atoms with E-state index in [2.05, 4.69) is 4.98 Å². The van der Waals surface area contributed by atoms with Crippen molar-refractivity contribution < 1.29 is 8.78 Å². The van der Waals surface area contributed by atoms with Crippen LogP contribution in [-0.4, -0.2) is 4.98 Å². The van der Waals surface area contributed by atoms with Gasteiger partial charge in [0.1, 0.15) is 0 Å². The molecule has 0 fully saturated rings. The highest BCUT2D eigenvalue weighted by atomic mass is 19.3. The summed E-state index contributed by atoms with van der Waals surface area (Å²) in [6.07, 6.45) is 0. The Morgan fingerprint density at radius 2 is 1.62 bits per heavy atom. The normalized spacial score (nSPS) is 15.9. The number of halogens is 2. The van der Waals surface area contributed by atoms with Crippen LogP contribution in [0.15, 0.2) is 60.7 Å². The van der Waals surface area contributed by atoms with E-state index in [0.29, 0.717) is 17.0 Å². The maximum absolute atomic E-state index is 14.4. The fourth-order valence-electron chi connectivity index (χ4n) is 3.66. The number of alkyl halides is 2. The lowest BCUT2D eigenvalue weighted by atomic mass is 9.86. The topological polar surface area (TPSA) is 12.9 Å². The first-order valence-electron chi connectivity index (χ1n) is 8.01. The summed E-state index contributed by atoms with van der Waals surface area (Å²) in [5.74, 6) is -3.11. The van der Waals surface area contributed by atoms with Crippen LogP contribution in [-0.2, 0) is 5.92 Å². The Morgan fingerprint density at radius 3 is 2.33 bits per heavy atom.